The third-order valence-corrected chi connectivity index (χ3v) is 2.69. The molecule has 0 atom stereocenters. The van der Waals surface area contributed by atoms with Gasteiger partial charge in [0.25, 0.3) is 5.69 Å². The van der Waals surface area contributed by atoms with Crippen LogP contribution in [0.25, 0.3) is 0 Å². The van der Waals surface area contributed by atoms with Crippen LogP contribution in [0.3, 0.4) is 0 Å². The van der Waals surface area contributed by atoms with Crippen molar-refractivity contribution >= 4 is 11.7 Å². The number of benzene rings is 2. The van der Waals surface area contributed by atoms with E-state index < -0.39 is 22.1 Å². The van der Waals surface area contributed by atoms with Crippen LogP contribution in [-0.2, 0) is 0 Å². The van der Waals surface area contributed by atoms with E-state index in [2.05, 4.69) is 0 Å². The molecule has 0 aliphatic carbocycles. The van der Waals surface area contributed by atoms with Gasteiger partial charge in [-0.15, -0.1) is 0 Å². The van der Waals surface area contributed by atoms with Gasteiger partial charge < -0.3 is 14.6 Å². The molecule has 0 fully saturated rings. The second-order valence-electron chi connectivity index (χ2n) is 4.02. The zero-order valence-electron chi connectivity index (χ0n) is 11.0. The summed E-state index contributed by atoms with van der Waals surface area (Å²) < 4.78 is 10.5. The number of nitro benzene ring substituents is 1. The molecule has 0 amide bonds. The predicted octanol–water partition coefficient (Wildman–Crippen LogP) is 3.09. The number of carbonyl (C=O) groups is 1. The molecule has 0 spiro atoms. The van der Waals surface area contributed by atoms with Gasteiger partial charge in [-0.3, -0.25) is 10.1 Å². The Labute approximate surface area is 119 Å². The summed E-state index contributed by atoms with van der Waals surface area (Å²) in [5.41, 5.74) is -0.907. The molecule has 0 aliphatic rings. The Morgan fingerprint density at radius 2 is 1.67 bits per heavy atom. The molecule has 2 rings (SSSR count). The second-order valence-corrected chi connectivity index (χ2v) is 4.02. The van der Waals surface area contributed by atoms with Crippen LogP contribution in [0.4, 0.5) is 5.69 Å². The Morgan fingerprint density at radius 3 is 2.19 bits per heavy atom. The summed E-state index contributed by atoms with van der Waals surface area (Å²) >= 11 is 0. The van der Waals surface area contributed by atoms with E-state index in [0.717, 1.165) is 12.1 Å². The zero-order valence-corrected chi connectivity index (χ0v) is 11.0. The van der Waals surface area contributed by atoms with E-state index in [4.69, 9.17) is 14.6 Å². The topological polar surface area (TPSA) is 98.9 Å². The molecule has 1 N–H and O–H groups in total. The first-order valence-corrected chi connectivity index (χ1v) is 5.85. The van der Waals surface area contributed by atoms with E-state index >= 15 is 0 Å². The number of hydrogen-bond acceptors (Lipinski definition) is 5. The van der Waals surface area contributed by atoms with Gasteiger partial charge in [-0.25, -0.2) is 4.79 Å². The van der Waals surface area contributed by atoms with Crippen LogP contribution in [0, 0.1) is 10.1 Å². The van der Waals surface area contributed by atoms with Crippen molar-refractivity contribution in [3.8, 4) is 17.2 Å². The molecular formula is C14H11NO6. The number of carboxylic acids is 1. The van der Waals surface area contributed by atoms with Crippen molar-refractivity contribution in [2.45, 2.75) is 0 Å². The lowest BCUT2D eigenvalue weighted by atomic mass is 10.1. The summed E-state index contributed by atoms with van der Waals surface area (Å²) in [4.78, 5) is 21.0. The van der Waals surface area contributed by atoms with E-state index in [1.54, 1.807) is 24.3 Å². The third kappa shape index (κ3) is 3.27. The summed E-state index contributed by atoms with van der Waals surface area (Å²) in [5.74, 6) is -0.0803. The van der Waals surface area contributed by atoms with Crippen LogP contribution in [0.5, 0.6) is 17.2 Å². The van der Waals surface area contributed by atoms with E-state index in [0.29, 0.717) is 11.5 Å². The molecular weight excluding hydrogens is 278 g/mol. The third-order valence-electron chi connectivity index (χ3n) is 2.69. The molecule has 7 nitrogen and oxygen atoms in total. The maximum absolute atomic E-state index is 11.0. The average molecular weight is 289 g/mol. The first-order chi connectivity index (χ1) is 10.0. The first kappa shape index (κ1) is 14.3. The van der Waals surface area contributed by atoms with Crippen molar-refractivity contribution in [2.24, 2.45) is 0 Å². The smallest absolute Gasteiger partial charge is 0.342 e. The van der Waals surface area contributed by atoms with Crippen LogP contribution in [-0.4, -0.2) is 23.1 Å². The molecule has 0 radical (unpaired) electrons. The minimum absolute atomic E-state index is 0.197. The fraction of sp³-hybridized carbons (Fsp3) is 0.0714. The number of rotatable bonds is 5. The predicted molar refractivity (Wildman–Crippen MR) is 73.1 cm³/mol. The molecule has 0 aromatic heterocycles. The van der Waals surface area contributed by atoms with E-state index in [1.807, 2.05) is 0 Å². The molecule has 7 heteroatoms. The Hall–Kier alpha value is -3.09. The number of hydrogen-bond donors (Lipinski definition) is 1. The highest BCUT2D eigenvalue weighted by Crippen LogP contribution is 2.28. The number of nitrogens with zero attached hydrogens (tertiary/aromatic N) is 1. The standard InChI is InChI=1S/C14H11NO6/c1-20-9-2-4-10(5-3-9)21-11-6-7-13(15(18)19)12(8-11)14(16)17/h2-8H,1H3,(H,16,17). The SMILES string of the molecule is COc1ccc(Oc2ccc([N+](=O)[O-])c(C(=O)O)c2)cc1. The van der Waals surface area contributed by atoms with Crippen molar-refractivity contribution < 1.29 is 24.3 Å². The maximum Gasteiger partial charge on any atom is 0.342 e. The number of aromatic carboxylic acids is 1. The molecule has 108 valence electrons. The average Bonchev–Trinajstić information content (AvgIpc) is 2.47. The Balaban J connectivity index is 2.29. The van der Waals surface area contributed by atoms with Gasteiger partial charge in [0.1, 0.15) is 22.8 Å². The van der Waals surface area contributed by atoms with Crippen molar-refractivity contribution in [3.05, 3.63) is 58.1 Å². The van der Waals surface area contributed by atoms with Gasteiger partial charge in [-0.2, -0.15) is 0 Å². The molecule has 0 bridgehead atoms. The van der Waals surface area contributed by atoms with Gasteiger partial charge in [-0.05, 0) is 30.3 Å². The molecule has 0 heterocycles. The van der Waals surface area contributed by atoms with Crippen LogP contribution >= 0.6 is 0 Å². The molecule has 2 aromatic rings. The van der Waals surface area contributed by atoms with Crippen molar-refractivity contribution in [1.82, 2.24) is 0 Å². The van der Waals surface area contributed by atoms with Crippen LogP contribution in [0.2, 0.25) is 0 Å². The van der Waals surface area contributed by atoms with Gasteiger partial charge >= 0.3 is 5.97 Å². The lowest BCUT2D eigenvalue weighted by Gasteiger charge is -2.07. The molecule has 2 aromatic carbocycles. The summed E-state index contributed by atoms with van der Waals surface area (Å²) in [6.07, 6.45) is 0. The van der Waals surface area contributed by atoms with Crippen molar-refractivity contribution in [1.29, 1.82) is 0 Å². The molecule has 0 saturated carbocycles. The first-order valence-electron chi connectivity index (χ1n) is 5.85. The highest BCUT2D eigenvalue weighted by Gasteiger charge is 2.20. The number of nitro groups is 1. The summed E-state index contributed by atoms with van der Waals surface area (Å²) in [6, 6.07) is 10.2. The second kappa shape index (κ2) is 5.91. The quantitative estimate of drug-likeness (QED) is 0.670. The van der Waals surface area contributed by atoms with Gasteiger partial charge in [0.15, 0.2) is 0 Å². The minimum Gasteiger partial charge on any atom is -0.497 e. The Bertz CT molecular complexity index is 680. The zero-order chi connectivity index (χ0) is 15.4. The minimum atomic E-state index is -1.39. The van der Waals surface area contributed by atoms with E-state index in [-0.39, 0.29) is 5.75 Å². The molecule has 0 unspecified atom stereocenters. The molecule has 0 saturated heterocycles. The normalized spacial score (nSPS) is 9.95. The number of methoxy groups -OCH3 is 1. The molecule has 21 heavy (non-hydrogen) atoms. The highest BCUT2D eigenvalue weighted by atomic mass is 16.6. The van der Waals surface area contributed by atoms with Crippen LogP contribution in [0.1, 0.15) is 10.4 Å². The van der Waals surface area contributed by atoms with Gasteiger partial charge in [0, 0.05) is 12.1 Å². The maximum atomic E-state index is 11.0. The summed E-state index contributed by atoms with van der Waals surface area (Å²) in [7, 11) is 1.53. The van der Waals surface area contributed by atoms with Crippen LogP contribution < -0.4 is 9.47 Å². The summed E-state index contributed by atoms with van der Waals surface area (Å²) in [6.45, 7) is 0. The van der Waals surface area contributed by atoms with Gasteiger partial charge in [0.2, 0.25) is 0 Å². The Morgan fingerprint density at radius 1 is 1.10 bits per heavy atom. The van der Waals surface area contributed by atoms with Crippen molar-refractivity contribution in [2.75, 3.05) is 7.11 Å². The van der Waals surface area contributed by atoms with Gasteiger partial charge in [-0.1, -0.05) is 0 Å². The fourth-order valence-electron chi connectivity index (χ4n) is 1.69. The van der Waals surface area contributed by atoms with Crippen molar-refractivity contribution in [3.63, 3.8) is 0 Å². The number of carboxylic acid groups (broad SMARTS) is 1. The summed E-state index contributed by atoms with van der Waals surface area (Å²) in [5, 5.41) is 19.8. The van der Waals surface area contributed by atoms with Gasteiger partial charge in [0.05, 0.1) is 12.0 Å². The number of ether oxygens (including phenoxy) is 2. The fourth-order valence-corrected chi connectivity index (χ4v) is 1.69. The monoisotopic (exact) mass is 289 g/mol. The van der Waals surface area contributed by atoms with E-state index in [1.165, 1.54) is 13.2 Å². The molecule has 0 aliphatic heterocycles. The largest absolute Gasteiger partial charge is 0.497 e. The van der Waals surface area contributed by atoms with E-state index in [9.17, 15) is 14.9 Å². The lowest BCUT2D eigenvalue weighted by molar-refractivity contribution is -0.385. The highest BCUT2D eigenvalue weighted by molar-refractivity contribution is 5.92. The Kier molecular flexibility index (Phi) is 4.03. The lowest BCUT2D eigenvalue weighted by Crippen LogP contribution is -2.02. The van der Waals surface area contributed by atoms with Crippen LogP contribution in [0.15, 0.2) is 42.5 Å².